The van der Waals surface area contributed by atoms with Gasteiger partial charge in [0.25, 0.3) is 0 Å². The van der Waals surface area contributed by atoms with Crippen molar-refractivity contribution in [2.24, 2.45) is 0 Å². The third-order valence-electron chi connectivity index (χ3n) is 4.39. The molecule has 0 aliphatic carbocycles. The van der Waals surface area contributed by atoms with Gasteiger partial charge in [-0.3, -0.25) is 0 Å². The van der Waals surface area contributed by atoms with Crippen LogP contribution in [0.1, 0.15) is 5.56 Å². The number of hydrogen-bond acceptors (Lipinski definition) is 0. The standard InChI is InChI=1S/C21H14BrCl/c1-13-15-11-10-14(23)12-19(15)16-6-2-3-7-17(16)21(13)18-8-4-5-9-20(18)22/h2-12H,1H3. The molecule has 4 rings (SSSR count). The lowest BCUT2D eigenvalue weighted by Gasteiger charge is -2.16. The molecule has 0 radical (unpaired) electrons. The van der Waals surface area contributed by atoms with Crippen LogP contribution in [-0.4, -0.2) is 0 Å². The first kappa shape index (κ1) is 14.7. The fourth-order valence-electron chi connectivity index (χ4n) is 3.35. The summed E-state index contributed by atoms with van der Waals surface area (Å²) in [5.74, 6) is 0. The van der Waals surface area contributed by atoms with E-state index in [0.29, 0.717) is 0 Å². The van der Waals surface area contributed by atoms with Crippen molar-refractivity contribution in [2.75, 3.05) is 0 Å². The van der Waals surface area contributed by atoms with Crippen LogP contribution in [0, 0.1) is 6.92 Å². The van der Waals surface area contributed by atoms with E-state index in [1.807, 2.05) is 12.1 Å². The zero-order valence-corrected chi connectivity index (χ0v) is 14.9. The van der Waals surface area contributed by atoms with Crippen LogP contribution in [0.3, 0.4) is 0 Å². The minimum atomic E-state index is 0.774. The Balaban J connectivity index is 2.26. The van der Waals surface area contributed by atoms with Gasteiger partial charge in [-0.25, -0.2) is 0 Å². The Morgan fingerprint density at radius 3 is 2.22 bits per heavy atom. The van der Waals surface area contributed by atoms with E-state index in [1.54, 1.807) is 0 Å². The fourth-order valence-corrected chi connectivity index (χ4v) is 4.01. The van der Waals surface area contributed by atoms with Gasteiger partial charge < -0.3 is 0 Å². The summed E-state index contributed by atoms with van der Waals surface area (Å²) in [7, 11) is 0. The second-order valence-electron chi connectivity index (χ2n) is 5.72. The van der Waals surface area contributed by atoms with E-state index in [9.17, 15) is 0 Å². The lowest BCUT2D eigenvalue weighted by molar-refractivity contribution is 1.51. The van der Waals surface area contributed by atoms with E-state index < -0.39 is 0 Å². The van der Waals surface area contributed by atoms with E-state index in [1.165, 1.54) is 38.2 Å². The highest BCUT2D eigenvalue weighted by molar-refractivity contribution is 9.10. The van der Waals surface area contributed by atoms with Gasteiger partial charge in [0.15, 0.2) is 0 Å². The summed E-state index contributed by atoms with van der Waals surface area (Å²) in [5.41, 5.74) is 3.78. The maximum Gasteiger partial charge on any atom is 0.0412 e. The number of rotatable bonds is 1. The summed E-state index contributed by atoms with van der Waals surface area (Å²) in [4.78, 5) is 0. The highest BCUT2D eigenvalue weighted by Crippen LogP contribution is 2.41. The maximum atomic E-state index is 6.25. The van der Waals surface area contributed by atoms with Crippen LogP contribution < -0.4 is 0 Å². The van der Waals surface area contributed by atoms with Crippen molar-refractivity contribution in [3.05, 3.63) is 81.8 Å². The third-order valence-corrected chi connectivity index (χ3v) is 5.32. The topological polar surface area (TPSA) is 0 Å². The molecule has 0 amide bonds. The van der Waals surface area contributed by atoms with Crippen LogP contribution in [0.15, 0.2) is 71.2 Å². The highest BCUT2D eigenvalue weighted by atomic mass is 79.9. The predicted octanol–water partition coefficient (Wildman–Crippen LogP) is 7.38. The van der Waals surface area contributed by atoms with E-state index >= 15 is 0 Å². The molecule has 0 saturated carbocycles. The Hall–Kier alpha value is -1.83. The molecule has 0 spiro atoms. The van der Waals surface area contributed by atoms with Gasteiger partial charge in [0.1, 0.15) is 0 Å². The molecule has 23 heavy (non-hydrogen) atoms. The molecule has 0 saturated heterocycles. The molecule has 4 aromatic rings. The van der Waals surface area contributed by atoms with Gasteiger partial charge >= 0.3 is 0 Å². The molecular formula is C21H14BrCl. The minimum Gasteiger partial charge on any atom is -0.0843 e. The summed E-state index contributed by atoms with van der Waals surface area (Å²) in [6.45, 7) is 2.19. The molecule has 0 aliphatic rings. The first-order valence-corrected chi connectivity index (χ1v) is 8.69. The smallest absolute Gasteiger partial charge is 0.0412 e. The largest absolute Gasteiger partial charge is 0.0843 e. The minimum absolute atomic E-state index is 0.774. The van der Waals surface area contributed by atoms with Gasteiger partial charge in [0, 0.05) is 9.50 Å². The monoisotopic (exact) mass is 380 g/mol. The van der Waals surface area contributed by atoms with Crippen molar-refractivity contribution in [3.8, 4) is 11.1 Å². The molecule has 0 unspecified atom stereocenters. The molecule has 0 heterocycles. The zero-order valence-electron chi connectivity index (χ0n) is 12.6. The summed E-state index contributed by atoms with van der Waals surface area (Å²) < 4.78 is 1.11. The fraction of sp³-hybridized carbons (Fsp3) is 0.0476. The Labute approximate surface area is 148 Å². The summed E-state index contributed by atoms with van der Waals surface area (Å²) >= 11 is 9.95. The number of benzene rings is 4. The van der Waals surface area contributed by atoms with Crippen molar-refractivity contribution in [3.63, 3.8) is 0 Å². The molecule has 0 fully saturated rings. The van der Waals surface area contributed by atoms with E-state index in [2.05, 4.69) is 77.5 Å². The van der Waals surface area contributed by atoms with Gasteiger partial charge in [0.2, 0.25) is 0 Å². The molecule has 4 aromatic carbocycles. The van der Waals surface area contributed by atoms with Crippen molar-refractivity contribution in [2.45, 2.75) is 6.92 Å². The van der Waals surface area contributed by atoms with Crippen molar-refractivity contribution in [1.82, 2.24) is 0 Å². The first-order chi connectivity index (χ1) is 11.2. The highest BCUT2D eigenvalue weighted by Gasteiger charge is 2.14. The SMILES string of the molecule is Cc1c(-c2ccccc2Br)c2ccccc2c2cc(Cl)ccc12. The normalized spacial score (nSPS) is 11.3. The molecule has 0 nitrogen and oxygen atoms in total. The molecule has 0 aromatic heterocycles. The zero-order chi connectivity index (χ0) is 16.0. The van der Waals surface area contributed by atoms with E-state index in [0.717, 1.165) is 9.50 Å². The lowest BCUT2D eigenvalue weighted by Crippen LogP contribution is -1.91. The summed E-state index contributed by atoms with van der Waals surface area (Å²) in [5, 5.41) is 5.73. The number of aryl methyl sites for hydroxylation is 1. The quantitative estimate of drug-likeness (QED) is 0.302. The van der Waals surface area contributed by atoms with Crippen LogP contribution in [0.5, 0.6) is 0 Å². The number of fused-ring (bicyclic) bond motifs is 3. The Kier molecular flexibility index (Phi) is 3.63. The van der Waals surface area contributed by atoms with Crippen LogP contribution in [0.2, 0.25) is 5.02 Å². The second-order valence-corrected chi connectivity index (χ2v) is 7.01. The second kappa shape index (κ2) is 5.67. The molecule has 0 N–H and O–H groups in total. The molecule has 2 heteroatoms. The molecule has 0 atom stereocenters. The maximum absolute atomic E-state index is 6.25. The van der Waals surface area contributed by atoms with Crippen molar-refractivity contribution >= 4 is 49.1 Å². The molecule has 112 valence electrons. The Morgan fingerprint density at radius 2 is 1.43 bits per heavy atom. The average molecular weight is 382 g/mol. The molecular weight excluding hydrogens is 368 g/mol. The predicted molar refractivity (Wildman–Crippen MR) is 104 cm³/mol. The van der Waals surface area contributed by atoms with Crippen LogP contribution >= 0.6 is 27.5 Å². The lowest BCUT2D eigenvalue weighted by atomic mass is 9.89. The van der Waals surface area contributed by atoms with Crippen LogP contribution in [0.25, 0.3) is 32.7 Å². The van der Waals surface area contributed by atoms with Gasteiger partial charge in [-0.15, -0.1) is 0 Å². The molecule has 0 aliphatic heterocycles. The summed E-state index contributed by atoms with van der Waals surface area (Å²) in [6.07, 6.45) is 0. The van der Waals surface area contributed by atoms with E-state index in [4.69, 9.17) is 11.6 Å². The van der Waals surface area contributed by atoms with Gasteiger partial charge in [-0.2, -0.15) is 0 Å². The first-order valence-electron chi connectivity index (χ1n) is 7.52. The van der Waals surface area contributed by atoms with Gasteiger partial charge in [0.05, 0.1) is 0 Å². The van der Waals surface area contributed by atoms with Crippen LogP contribution in [0.4, 0.5) is 0 Å². The van der Waals surface area contributed by atoms with Gasteiger partial charge in [-0.05, 0) is 63.4 Å². The van der Waals surface area contributed by atoms with E-state index in [-0.39, 0.29) is 0 Å². The Bertz CT molecular complexity index is 1050. The van der Waals surface area contributed by atoms with Crippen molar-refractivity contribution < 1.29 is 0 Å². The van der Waals surface area contributed by atoms with Crippen molar-refractivity contribution in [1.29, 1.82) is 0 Å². The van der Waals surface area contributed by atoms with Gasteiger partial charge in [-0.1, -0.05) is 76.1 Å². The number of halogens is 2. The number of hydrogen-bond donors (Lipinski definition) is 0. The molecule has 0 bridgehead atoms. The summed E-state index contributed by atoms with van der Waals surface area (Å²) in [6, 6.07) is 23.1. The third kappa shape index (κ3) is 2.36. The van der Waals surface area contributed by atoms with Crippen LogP contribution in [-0.2, 0) is 0 Å². The average Bonchev–Trinajstić information content (AvgIpc) is 2.56. The Morgan fingerprint density at radius 1 is 0.739 bits per heavy atom.